The fourth-order valence-corrected chi connectivity index (χ4v) is 1.93. The van der Waals surface area contributed by atoms with Crippen LogP contribution in [0, 0.1) is 0 Å². The second kappa shape index (κ2) is 3.66. The number of hydrogen-bond acceptors (Lipinski definition) is 2. The van der Waals surface area contributed by atoms with Crippen molar-refractivity contribution in [1.82, 2.24) is 5.32 Å². The Morgan fingerprint density at radius 2 is 2.20 bits per heavy atom. The number of hydrogen-bond donors (Lipinski definition) is 1. The van der Waals surface area contributed by atoms with Gasteiger partial charge in [-0.25, -0.2) is 0 Å². The molecule has 0 aromatic heterocycles. The molecule has 1 aromatic rings. The van der Waals surface area contributed by atoms with Crippen LogP contribution in [-0.4, -0.2) is 20.0 Å². The topological polar surface area (TPSA) is 32.3 Å². The Balaban J connectivity index is 2.37. The van der Waals surface area contributed by atoms with Gasteiger partial charge in [0.1, 0.15) is 0 Å². The highest BCUT2D eigenvalue weighted by atomic mass is 16.2. The smallest absolute Gasteiger partial charge is 0.231 e. The van der Waals surface area contributed by atoms with Crippen molar-refractivity contribution >= 4 is 11.6 Å². The predicted molar refractivity (Wildman–Crippen MR) is 61.0 cm³/mol. The molecule has 1 aromatic carbocycles. The van der Waals surface area contributed by atoms with Crippen molar-refractivity contribution in [2.75, 3.05) is 19.0 Å². The first-order chi connectivity index (χ1) is 7.13. The average molecular weight is 204 g/mol. The number of carbonyl (C=O) groups excluding carboxylic acids is 1. The molecule has 0 aliphatic carbocycles. The van der Waals surface area contributed by atoms with Crippen LogP contribution in [0.4, 0.5) is 5.69 Å². The highest BCUT2D eigenvalue weighted by molar-refractivity contribution is 6.00. The fraction of sp³-hybridized carbons (Fsp3) is 0.417. The number of nitrogens with one attached hydrogen (secondary N) is 1. The summed E-state index contributed by atoms with van der Waals surface area (Å²) in [7, 11) is 3.77. The van der Waals surface area contributed by atoms with E-state index in [0.29, 0.717) is 12.5 Å². The van der Waals surface area contributed by atoms with E-state index in [2.05, 4.69) is 24.4 Å². The zero-order chi connectivity index (χ0) is 11.0. The third-order valence-corrected chi connectivity index (χ3v) is 3.11. The van der Waals surface area contributed by atoms with E-state index in [1.807, 2.05) is 20.2 Å². The number of likely N-dealkylation sites (N-methyl/N-ethyl adjacent to an activating group) is 1. The van der Waals surface area contributed by atoms with Crippen molar-refractivity contribution in [2.24, 2.45) is 0 Å². The summed E-state index contributed by atoms with van der Waals surface area (Å²) in [5.41, 5.74) is 3.42. The molecular weight excluding hydrogens is 188 g/mol. The molecule has 0 bridgehead atoms. The molecule has 0 saturated heterocycles. The quantitative estimate of drug-likeness (QED) is 0.791. The van der Waals surface area contributed by atoms with Gasteiger partial charge in [0.15, 0.2) is 0 Å². The van der Waals surface area contributed by atoms with Crippen LogP contribution in [0.5, 0.6) is 0 Å². The van der Waals surface area contributed by atoms with Crippen LogP contribution in [0.25, 0.3) is 0 Å². The van der Waals surface area contributed by atoms with Gasteiger partial charge in [-0.1, -0.05) is 12.1 Å². The molecule has 2 rings (SSSR count). The molecule has 3 heteroatoms. The van der Waals surface area contributed by atoms with Crippen molar-refractivity contribution in [3.8, 4) is 0 Å². The van der Waals surface area contributed by atoms with Crippen LogP contribution in [0.3, 0.4) is 0 Å². The van der Waals surface area contributed by atoms with E-state index in [1.165, 1.54) is 5.56 Å². The van der Waals surface area contributed by atoms with Crippen molar-refractivity contribution in [1.29, 1.82) is 0 Å². The Kier molecular flexibility index (Phi) is 2.49. The number of carbonyl (C=O) groups is 1. The zero-order valence-electron chi connectivity index (χ0n) is 9.37. The lowest BCUT2D eigenvalue weighted by atomic mass is 10.0. The predicted octanol–water partition coefficient (Wildman–Crippen LogP) is 1.49. The Bertz CT molecular complexity index is 401. The lowest BCUT2D eigenvalue weighted by Crippen LogP contribution is -2.20. The third-order valence-electron chi connectivity index (χ3n) is 3.11. The number of benzene rings is 1. The fourth-order valence-electron chi connectivity index (χ4n) is 1.93. The van der Waals surface area contributed by atoms with E-state index in [9.17, 15) is 4.79 Å². The molecule has 3 nitrogen and oxygen atoms in total. The molecule has 0 spiro atoms. The first-order valence-corrected chi connectivity index (χ1v) is 5.20. The monoisotopic (exact) mass is 204 g/mol. The summed E-state index contributed by atoms with van der Waals surface area (Å²) in [6.45, 7) is 2.11. The van der Waals surface area contributed by atoms with Gasteiger partial charge in [-0.2, -0.15) is 0 Å². The highest BCUT2D eigenvalue weighted by Crippen LogP contribution is 2.29. The van der Waals surface area contributed by atoms with Crippen LogP contribution >= 0.6 is 0 Å². The van der Waals surface area contributed by atoms with Crippen LogP contribution in [-0.2, 0) is 11.2 Å². The largest absolute Gasteiger partial charge is 0.315 e. The normalized spacial score (nSPS) is 16.7. The molecule has 0 radical (unpaired) electrons. The first-order valence-electron chi connectivity index (χ1n) is 5.20. The van der Waals surface area contributed by atoms with E-state index in [1.54, 1.807) is 4.90 Å². The van der Waals surface area contributed by atoms with E-state index in [-0.39, 0.29) is 5.91 Å². The van der Waals surface area contributed by atoms with E-state index in [0.717, 1.165) is 11.3 Å². The van der Waals surface area contributed by atoms with Crippen molar-refractivity contribution in [3.05, 3.63) is 29.3 Å². The molecule has 15 heavy (non-hydrogen) atoms. The minimum Gasteiger partial charge on any atom is -0.315 e. The Morgan fingerprint density at radius 1 is 1.47 bits per heavy atom. The van der Waals surface area contributed by atoms with Gasteiger partial charge in [0, 0.05) is 18.8 Å². The second-order valence-electron chi connectivity index (χ2n) is 4.03. The Hall–Kier alpha value is -1.35. The highest BCUT2D eigenvalue weighted by Gasteiger charge is 2.24. The Morgan fingerprint density at radius 3 is 2.87 bits per heavy atom. The molecule has 0 saturated carbocycles. The lowest BCUT2D eigenvalue weighted by Gasteiger charge is -2.13. The van der Waals surface area contributed by atoms with Gasteiger partial charge in [0.25, 0.3) is 0 Å². The molecular formula is C12H16N2O. The summed E-state index contributed by atoms with van der Waals surface area (Å²) in [6, 6.07) is 6.56. The van der Waals surface area contributed by atoms with Crippen LogP contribution in [0.1, 0.15) is 24.1 Å². The molecule has 1 amide bonds. The van der Waals surface area contributed by atoms with Crippen LogP contribution in [0.15, 0.2) is 18.2 Å². The summed E-state index contributed by atoms with van der Waals surface area (Å²) in [5.74, 6) is 0.180. The lowest BCUT2D eigenvalue weighted by molar-refractivity contribution is -0.117. The van der Waals surface area contributed by atoms with Crippen molar-refractivity contribution in [2.45, 2.75) is 19.4 Å². The van der Waals surface area contributed by atoms with Gasteiger partial charge in [0.05, 0.1) is 6.42 Å². The van der Waals surface area contributed by atoms with Gasteiger partial charge in [-0.05, 0) is 31.2 Å². The van der Waals surface area contributed by atoms with Crippen LogP contribution in [0.2, 0.25) is 0 Å². The number of rotatable bonds is 2. The first kappa shape index (κ1) is 10.2. The summed E-state index contributed by atoms with van der Waals surface area (Å²) >= 11 is 0. The van der Waals surface area contributed by atoms with E-state index >= 15 is 0 Å². The molecule has 1 heterocycles. The zero-order valence-corrected chi connectivity index (χ0v) is 9.37. The summed E-state index contributed by atoms with van der Waals surface area (Å²) < 4.78 is 0. The maximum Gasteiger partial charge on any atom is 0.231 e. The van der Waals surface area contributed by atoms with Gasteiger partial charge in [0.2, 0.25) is 5.91 Å². The second-order valence-corrected chi connectivity index (χ2v) is 4.03. The summed E-state index contributed by atoms with van der Waals surface area (Å²) in [5, 5.41) is 3.20. The summed E-state index contributed by atoms with van der Waals surface area (Å²) in [4.78, 5) is 13.2. The third kappa shape index (κ3) is 1.63. The summed E-state index contributed by atoms with van der Waals surface area (Å²) in [6.07, 6.45) is 0.538. The van der Waals surface area contributed by atoms with Gasteiger partial charge >= 0.3 is 0 Å². The minimum absolute atomic E-state index is 0.180. The van der Waals surface area contributed by atoms with Gasteiger partial charge in [-0.15, -0.1) is 0 Å². The van der Waals surface area contributed by atoms with Gasteiger partial charge < -0.3 is 10.2 Å². The van der Waals surface area contributed by atoms with E-state index in [4.69, 9.17) is 0 Å². The number of anilines is 1. The average Bonchev–Trinajstić information content (AvgIpc) is 2.53. The maximum atomic E-state index is 11.5. The molecule has 1 atom stereocenters. The molecule has 1 aliphatic heterocycles. The molecule has 0 fully saturated rings. The number of nitrogens with zero attached hydrogens (tertiary/aromatic N) is 1. The molecule has 80 valence electrons. The van der Waals surface area contributed by atoms with E-state index < -0.39 is 0 Å². The molecule has 1 N–H and O–H groups in total. The van der Waals surface area contributed by atoms with Crippen molar-refractivity contribution < 1.29 is 4.79 Å². The standard InChI is InChI=1S/C12H16N2O/c1-8(13-2)9-4-5-11-10(6-9)7-12(15)14(11)3/h4-6,8,13H,7H2,1-3H3. The maximum absolute atomic E-state index is 11.5. The SMILES string of the molecule is CNC(C)c1ccc2c(c1)CC(=O)N2C. The minimum atomic E-state index is 0.180. The molecule has 1 aliphatic rings. The Labute approximate surface area is 90.1 Å². The van der Waals surface area contributed by atoms with Crippen molar-refractivity contribution in [3.63, 3.8) is 0 Å². The molecule has 1 unspecified atom stereocenters. The number of fused-ring (bicyclic) bond motifs is 1. The van der Waals surface area contributed by atoms with Gasteiger partial charge in [-0.3, -0.25) is 4.79 Å². The van der Waals surface area contributed by atoms with Crippen LogP contribution < -0.4 is 10.2 Å². The number of amides is 1.